The van der Waals surface area contributed by atoms with Gasteiger partial charge in [0.15, 0.2) is 0 Å². The largest absolute Gasteiger partial charge is 0.491 e. The van der Waals surface area contributed by atoms with Crippen molar-refractivity contribution in [2.24, 2.45) is 10.8 Å². The molecule has 0 bridgehead atoms. The Bertz CT molecular complexity index is 852. The Morgan fingerprint density at radius 3 is 2.50 bits per heavy atom. The van der Waals surface area contributed by atoms with Gasteiger partial charge < -0.3 is 20.9 Å². The van der Waals surface area contributed by atoms with E-state index in [1.807, 2.05) is 37.3 Å². The number of amides is 1. The first kappa shape index (κ1) is 20.0. The molecule has 3 rings (SSSR count). The number of pyridine rings is 1. The summed E-state index contributed by atoms with van der Waals surface area (Å²) >= 11 is 0. The lowest BCUT2D eigenvalue weighted by Crippen LogP contribution is -2.51. The first-order valence-electron chi connectivity index (χ1n) is 9.56. The molecular formula is C22H29N3O3. The monoisotopic (exact) mass is 383 g/mol. The van der Waals surface area contributed by atoms with E-state index >= 15 is 0 Å². The first-order valence-corrected chi connectivity index (χ1v) is 9.56. The van der Waals surface area contributed by atoms with Crippen molar-refractivity contribution in [3.63, 3.8) is 0 Å². The predicted octanol–water partition coefficient (Wildman–Crippen LogP) is 4.48. The molecule has 2 aromatic rings. The average Bonchev–Trinajstić information content (AvgIpc) is 3.40. The molecule has 4 N–H and O–H groups in total. The van der Waals surface area contributed by atoms with E-state index in [-0.39, 0.29) is 16.9 Å². The van der Waals surface area contributed by atoms with Gasteiger partial charge in [0.2, 0.25) is 0 Å². The number of ether oxygens (including phenoxy) is 1. The van der Waals surface area contributed by atoms with Crippen LogP contribution in [0.2, 0.25) is 0 Å². The molecule has 6 nitrogen and oxygen atoms in total. The molecule has 1 aliphatic rings. The second-order valence-electron chi connectivity index (χ2n) is 8.83. The summed E-state index contributed by atoms with van der Waals surface area (Å²) in [6, 6.07) is 9.49. The number of hydrogen-bond acceptors (Lipinski definition) is 4. The second-order valence-corrected chi connectivity index (χ2v) is 8.83. The fourth-order valence-corrected chi connectivity index (χ4v) is 3.86. The molecule has 1 amide bonds. The highest BCUT2D eigenvalue weighted by atomic mass is 16.5. The van der Waals surface area contributed by atoms with E-state index in [1.54, 1.807) is 6.20 Å². The molecule has 28 heavy (non-hydrogen) atoms. The zero-order valence-electron chi connectivity index (χ0n) is 17.0. The summed E-state index contributed by atoms with van der Waals surface area (Å²) in [5.41, 5.74) is 9.08. The molecule has 6 heteroatoms. The maximum atomic E-state index is 11.3. The van der Waals surface area contributed by atoms with Crippen LogP contribution in [-0.4, -0.2) is 28.8 Å². The van der Waals surface area contributed by atoms with Crippen LogP contribution in [0.15, 0.2) is 36.5 Å². The third kappa shape index (κ3) is 4.38. The van der Waals surface area contributed by atoms with Crippen LogP contribution in [-0.2, 0) is 0 Å². The van der Waals surface area contributed by atoms with Crippen molar-refractivity contribution < 1.29 is 14.6 Å². The van der Waals surface area contributed by atoms with Crippen molar-refractivity contribution in [3.8, 4) is 16.9 Å². The number of nitrogens with two attached hydrogens (primary N) is 1. The highest BCUT2D eigenvalue weighted by Gasteiger charge is 2.54. The number of anilines is 1. The molecule has 0 aliphatic heterocycles. The lowest BCUT2D eigenvalue weighted by molar-refractivity contribution is 0.111. The number of aromatic nitrogens is 1. The highest BCUT2D eigenvalue weighted by molar-refractivity contribution is 5.68. The molecule has 1 aromatic heterocycles. The molecule has 0 spiro atoms. The van der Waals surface area contributed by atoms with Gasteiger partial charge in [0, 0.05) is 28.4 Å². The van der Waals surface area contributed by atoms with E-state index < -0.39 is 6.09 Å². The predicted molar refractivity (Wildman–Crippen MR) is 110 cm³/mol. The van der Waals surface area contributed by atoms with Gasteiger partial charge in [-0.1, -0.05) is 32.9 Å². The van der Waals surface area contributed by atoms with Crippen LogP contribution in [0.4, 0.5) is 10.5 Å². The summed E-state index contributed by atoms with van der Waals surface area (Å²) in [6.07, 6.45) is 2.62. The van der Waals surface area contributed by atoms with Gasteiger partial charge in [-0.05, 0) is 48.9 Å². The van der Waals surface area contributed by atoms with Gasteiger partial charge in [-0.2, -0.15) is 0 Å². The summed E-state index contributed by atoms with van der Waals surface area (Å²) in [5.74, 6) is 0.687. The number of nitrogens with one attached hydrogen (secondary N) is 1. The van der Waals surface area contributed by atoms with Gasteiger partial charge in [-0.15, -0.1) is 0 Å². The van der Waals surface area contributed by atoms with E-state index in [2.05, 4.69) is 31.1 Å². The summed E-state index contributed by atoms with van der Waals surface area (Å²) in [5, 5.41) is 12.0. The molecule has 1 atom stereocenters. The van der Waals surface area contributed by atoms with E-state index in [1.165, 1.54) is 0 Å². The number of aryl methyl sites for hydroxylation is 1. The topological polar surface area (TPSA) is 97.5 Å². The number of rotatable bonds is 6. The molecule has 0 saturated heterocycles. The molecule has 150 valence electrons. The molecule has 1 aromatic carbocycles. The summed E-state index contributed by atoms with van der Waals surface area (Å²) in [7, 11) is 0. The van der Waals surface area contributed by atoms with E-state index in [9.17, 15) is 9.90 Å². The molecule has 0 radical (unpaired) electrons. The minimum Gasteiger partial charge on any atom is -0.491 e. The maximum absolute atomic E-state index is 11.3. The number of nitrogens with zero attached hydrogens (tertiary/aromatic N) is 1. The summed E-state index contributed by atoms with van der Waals surface area (Å²) in [4.78, 5) is 15.8. The maximum Gasteiger partial charge on any atom is 0.404 e. The normalized spacial score (nSPS) is 16.3. The lowest BCUT2D eigenvalue weighted by Gasteiger charge is -2.37. The average molecular weight is 383 g/mol. The Morgan fingerprint density at radius 1 is 1.32 bits per heavy atom. The van der Waals surface area contributed by atoms with Gasteiger partial charge in [-0.3, -0.25) is 4.98 Å². The van der Waals surface area contributed by atoms with Gasteiger partial charge in [0.1, 0.15) is 5.75 Å². The summed E-state index contributed by atoms with van der Waals surface area (Å²) in [6.45, 7) is 8.59. The Hall–Kier alpha value is -2.76. The fraction of sp³-hybridized carbons (Fsp3) is 0.455. The van der Waals surface area contributed by atoms with E-state index in [0.717, 1.165) is 35.3 Å². The zero-order chi connectivity index (χ0) is 20.5. The Kier molecular flexibility index (Phi) is 5.24. The van der Waals surface area contributed by atoms with Gasteiger partial charge >= 0.3 is 6.09 Å². The Balaban J connectivity index is 1.78. The fourth-order valence-electron chi connectivity index (χ4n) is 3.86. The van der Waals surface area contributed by atoms with Crippen LogP contribution in [0, 0.1) is 17.8 Å². The molecular weight excluding hydrogens is 354 g/mol. The number of hydrogen-bond donors (Lipinski definition) is 3. The van der Waals surface area contributed by atoms with Crippen LogP contribution in [0.5, 0.6) is 5.75 Å². The van der Waals surface area contributed by atoms with E-state index in [0.29, 0.717) is 12.4 Å². The third-order valence-corrected chi connectivity index (χ3v) is 5.45. The second kappa shape index (κ2) is 7.34. The van der Waals surface area contributed by atoms with Crippen molar-refractivity contribution in [1.82, 2.24) is 10.3 Å². The zero-order valence-corrected chi connectivity index (χ0v) is 17.0. The van der Waals surface area contributed by atoms with Crippen LogP contribution in [0.3, 0.4) is 0 Å². The first-order chi connectivity index (χ1) is 13.1. The highest BCUT2D eigenvalue weighted by Crippen LogP contribution is 2.53. The minimum atomic E-state index is -0.992. The van der Waals surface area contributed by atoms with Crippen molar-refractivity contribution in [3.05, 3.63) is 42.2 Å². The number of benzene rings is 1. The van der Waals surface area contributed by atoms with Gasteiger partial charge in [-0.25, -0.2) is 4.79 Å². The van der Waals surface area contributed by atoms with Crippen molar-refractivity contribution in [1.29, 1.82) is 0 Å². The SMILES string of the molecule is Cc1ncc(OCC2(C(NC(=O)O)C(C)(C)C)CC2)cc1-c1ccc(N)cc1. The Morgan fingerprint density at radius 2 is 1.96 bits per heavy atom. The molecule has 1 heterocycles. The quantitative estimate of drug-likeness (QED) is 0.639. The van der Waals surface area contributed by atoms with Crippen molar-refractivity contribution in [2.75, 3.05) is 12.3 Å². The van der Waals surface area contributed by atoms with Crippen LogP contribution in [0.1, 0.15) is 39.3 Å². The van der Waals surface area contributed by atoms with Gasteiger partial charge in [0.05, 0.1) is 12.8 Å². The van der Waals surface area contributed by atoms with Crippen LogP contribution < -0.4 is 15.8 Å². The van der Waals surface area contributed by atoms with Crippen molar-refractivity contribution >= 4 is 11.8 Å². The smallest absolute Gasteiger partial charge is 0.404 e. The number of carbonyl (C=O) groups is 1. The number of nitrogen functional groups attached to an aromatic ring is 1. The minimum absolute atomic E-state index is 0.174. The third-order valence-electron chi connectivity index (χ3n) is 5.45. The van der Waals surface area contributed by atoms with Crippen molar-refractivity contribution in [2.45, 2.75) is 46.6 Å². The summed E-state index contributed by atoms with van der Waals surface area (Å²) < 4.78 is 6.11. The van der Waals surface area contributed by atoms with E-state index in [4.69, 9.17) is 10.5 Å². The number of carboxylic acid groups (broad SMARTS) is 1. The molecule has 1 unspecified atom stereocenters. The van der Waals surface area contributed by atoms with Crippen LogP contribution in [0.25, 0.3) is 11.1 Å². The molecule has 1 fully saturated rings. The Labute approximate surface area is 166 Å². The molecule has 1 saturated carbocycles. The standard InChI is InChI=1S/C22H29N3O3/c1-14-18(15-5-7-16(23)8-6-15)11-17(12-24-14)28-13-22(9-10-22)19(21(2,3)4)25-20(26)27/h5-8,11-12,19,25H,9-10,13,23H2,1-4H3,(H,26,27). The van der Waals surface area contributed by atoms with Gasteiger partial charge in [0.25, 0.3) is 0 Å². The molecule has 1 aliphatic carbocycles. The lowest BCUT2D eigenvalue weighted by atomic mass is 9.77. The van der Waals surface area contributed by atoms with Crippen LogP contribution >= 0.6 is 0 Å².